The third-order valence-corrected chi connectivity index (χ3v) is 5.58. The van der Waals surface area contributed by atoms with Gasteiger partial charge in [0.15, 0.2) is 6.73 Å². The molecule has 10 heteroatoms. The van der Waals surface area contributed by atoms with Crippen LogP contribution in [0.2, 0.25) is 5.02 Å². The fourth-order valence-corrected chi connectivity index (χ4v) is 3.39. The number of benzene rings is 2. The summed E-state index contributed by atoms with van der Waals surface area (Å²) in [6, 6.07) is 11.5. The van der Waals surface area contributed by atoms with Crippen LogP contribution in [0.5, 0.6) is 0 Å². The Balaban J connectivity index is 1.83. The van der Waals surface area contributed by atoms with Crippen molar-refractivity contribution in [2.75, 3.05) is 12.0 Å². The second-order valence-electron chi connectivity index (χ2n) is 6.42. The number of halogens is 1. The number of hydrazone groups is 1. The quantitative estimate of drug-likeness (QED) is 0.671. The van der Waals surface area contributed by atoms with Crippen molar-refractivity contribution in [3.8, 4) is 6.07 Å². The van der Waals surface area contributed by atoms with Crippen LogP contribution >= 0.6 is 11.6 Å². The fourth-order valence-electron chi connectivity index (χ4n) is 2.83. The minimum atomic E-state index is -2.30. The molecule has 1 aliphatic rings. The Morgan fingerprint density at radius 1 is 1.38 bits per heavy atom. The average molecular weight is 434 g/mol. The molecule has 0 saturated heterocycles. The second-order valence-corrected chi connectivity index (χ2v) is 7.74. The Morgan fingerprint density at radius 3 is 2.66 bits per heavy atom. The predicted molar refractivity (Wildman–Crippen MR) is 108 cm³/mol. The molecule has 0 radical (unpaired) electrons. The number of anilines is 1. The number of rotatable bonds is 6. The fraction of sp³-hybridized carbons (Fsp3) is 0.263. The molecule has 1 heterocycles. The van der Waals surface area contributed by atoms with Crippen LogP contribution in [0, 0.1) is 18.3 Å². The van der Waals surface area contributed by atoms with E-state index in [-0.39, 0.29) is 11.6 Å². The molecule has 0 aromatic heterocycles. The lowest BCUT2D eigenvalue weighted by molar-refractivity contribution is 0.0493. The molecule has 0 spiro atoms. The number of ether oxygens (including phenoxy) is 1. The van der Waals surface area contributed by atoms with Crippen LogP contribution in [0.4, 0.5) is 5.69 Å². The van der Waals surface area contributed by atoms with Crippen molar-refractivity contribution in [1.82, 2.24) is 5.01 Å². The maximum absolute atomic E-state index is 11.0. The third-order valence-electron chi connectivity index (χ3n) is 4.43. The number of nitrogens with zero attached hydrogens (tertiary/aromatic N) is 3. The van der Waals surface area contributed by atoms with Crippen molar-refractivity contribution < 1.29 is 18.6 Å². The second kappa shape index (κ2) is 8.80. The Kier molecular flexibility index (Phi) is 6.39. The molecule has 2 aromatic rings. The molecule has 3 rings (SSSR count). The molecule has 2 aromatic carbocycles. The van der Waals surface area contributed by atoms with Crippen molar-refractivity contribution in [3.63, 3.8) is 0 Å². The number of hydrogen-bond acceptors (Lipinski definition) is 8. The van der Waals surface area contributed by atoms with Crippen molar-refractivity contribution >= 4 is 34.3 Å². The van der Waals surface area contributed by atoms with Gasteiger partial charge in [0.1, 0.15) is 12.2 Å². The molecule has 1 unspecified atom stereocenters. The molecule has 3 atom stereocenters. The van der Waals surface area contributed by atoms with Crippen LogP contribution in [0.3, 0.4) is 0 Å². The maximum atomic E-state index is 11.0. The molecule has 8 nitrogen and oxygen atoms in total. The van der Waals surface area contributed by atoms with Crippen LogP contribution in [0.1, 0.15) is 23.6 Å². The summed E-state index contributed by atoms with van der Waals surface area (Å²) in [5.41, 5.74) is 2.33. The molecular formula is C19H18ClN4O4S-. The van der Waals surface area contributed by atoms with E-state index in [4.69, 9.17) is 21.6 Å². The summed E-state index contributed by atoms with van der Waals surface area (Å²) in [5, 5.41) is 28.8. The Morgan fingerprint density at radius 2 is 2.07 bits per heavy atom. The highest BCUT2D eigenvalue weighted by Crippen LogP contribution is 2.28. The first-order valence-corrected chi connectivity index (χ1v) is 10.1. The van der Waals surface area contributed by atoms with E-state index >= 15 is 0 Å². The zero-order chi connectivity index (χ0) is 21.1. The third kappa shape index (κ3) is 4.52. The first kappa shape index (κ1) is 21.1. The van der Waals surface area contributed by atoms with E-state index in [1.54, 1.807) is 43.1 Å². The van der Waals surface area contributed by atoms with Gasteiger partial charge in [-0.3, -0.25) is 4.21 Å². The van der Waals surface area contributed by atoms with Gasteiger partial charge in [-0.25, -0.2) is 5.01 Å². The highest BCUT2D eigenvalue weighted by molar-refractivity contribution is 7.79. The standard InChI is InChI=1S/C19H19ClN4O4S/c1-11-16(8-5-14(9-21)17(11)20)22-18(12(2)25)24-10-28-19(23-24)13-3-6-15(7-4-13)29(26)27/h3-8,12,18,22,25H,10H2,1-2H3,(H,26,27)/p-1/t12-,18+/m1/s1. The molecule has 0 amide bonds. The Bertz CT molecular complexity index is 1000. The summed E-state index contributed by atoms with van der Waals surface area (Å²) < 4.78 is 27.6. The molecule has 0 aliphatic carbocycles. The molecule has 0 saturated carbocycles. The summed E-state index contributed by atoms with van der Waals surface area (Å²) in [6.45, 7) is 3.49. The van der Waals surface area contributed by atoms with E-state index in [1.165, 1.54) is 12.1 Å². The molecule has 152 valence electrons. The zero-order valence-electron chi connectivity index (χ0n) is 15.6. The van der Waals surface area contributed by atoms with E-state index < -0.39 is 23.4 Å². The van der Waals surface area contributed by atoms with Gasteiger partial charge in [-0.15, -0.1) is 5.10 Å². The van der Waals surface area contributed by atoms with E-state index in [9.17, 15) is 13.9 Å². The van der Waals surface area contributed by atoms with Crippen LogP contribution in [0.15, 0.2) is 46.4 Å². The van der Waals surface area contributed by atoms with E-state index in [0.717, 1.165) is 0 Å². The monoisotopic (exact) mass is 433 g/mol. The predicted octanol–water partition coefficient (Wildman–Crippen LogP) is 2.53. The molecule has 29 heavy (non-hydrogen) atoms. The highest BCUT2D eigenvalue weighted by atomic mass is 35.5. The minimum absolute atomic E-state index is 0.0934. The number of aliphatic hydroxyl groups is 1. The van der Waals surface area contributed by atoms with Crippen LogP contribution in [0.25, 0.3) is 0 Å². The van der Waals surface area contributed by atoms with Gasteiger partial charge in [0.05, 0.1) is 16.7 Å². The Labute approximate surface area is 175 Å². The number of aliphatic hydroxyl groups excluding tert-OH is 1. The maximum Gasteiger partial charge on any atom is 0.240 e. The lowest BCUT2D eigenvalue weighted by Gasteiger charge is -2.29. The van der Waals surface area contributed by atoms with Crippen LogP contribution in [-0.4, -0.2) is 43.8 Å². The summed E-state index contributed by atoms with van der Waals surface area (Å²) in [7, 11) is 0. The van der Waals surface area contributed by atoms with Crippen molar-refractivity contribution in [1.29, 1.82) is 5.26 Å². The van der Waals surface area contributed by atoms with Gasteiger partial charge in [-0.05, 0) is 66.9 Å². The van der Waals surface area contributed by atoms with Gasteiger partial charge in [0, 0.05) is 16.1 Å². The first-order chi connectivity index (χ1) is 13.8. The highest BCUT2D eigenvalue weighted by Gasteiger charge is 2.29. The summed E-state index contributed by atoms with van der Waals surface area (Å²) in [5.74, 6) is 0.315. The van der Waals surface area contributed by atoms with Crippen molar-refractivity contribution in [2.45, 2.75) is 31.0 Å². The van der Waals surface area contributed by atoms with E-state index in [1.807, 2.05) is 6.07 Å². The lowest BCUT2D eigenvalue weighted by Crippen LogP contribution is -2.44. The smallest absolute Gasteiger partial charge is 0.240 e. The SMILES string of the molecule is Cc1c(N[C@H]([C@@H](C)O)N2COC(c3ccc(S(=O)[O-])cc3)=N2)ccc(C#N)c1Cl. The van der Waals surface area contributed by atoms with Crippen LogP contribution < -0.4 is 5.32 Å². The van der Waals surface area contributed by atoms with Gasteiger partial charge in [0.25, 0.3) is 0 Å². The number of nitrogens with one attached hydrogen (secondary N) is 1. The van der Waals surface area contributed by atoms with Crippen molar-refractivity contribution in [3.05, 3.63) is 58.1 Å². The lowest BCUT2D eigenvalue weighted by atomic mass is 10.1. The van der Waals surface area contributed by atoms with Gasteiger partial charge < -0.3 is 19.7 Å². The normalized spacial score (nSPS) is 16.4. The minimum Gasteiger partial charge on any atom is -0.768 e. The molecule has 0 bridgehead atoms. The Hall–Kier alpha value is -2.64. The summed E-state index contributed by atoms with van der Waals surface area (Å²) >= 11 is 3.92. The largest absolute Gasteiger partial charge is 0.768 e. The van der Waals surface area contributed by atoms with Gasteiger partial charge in [-0.1, -0.05) is 11.6 Å². The number of hydrogen-bond donors (Lipinski definition) is 2. The van der Waals surface area contributed by atoms with Crippen LogP contribution in [-0.2, 0) is 15.8 Å². The molecule has 2 N–H and O–H groups in total. The molecule has 1 aliphatic heterocycles. The van der Waals surface area contributed by atoms with E-state index in [0.29, 0.717) is 33.3 Å². The summed E-state index contributed by atoms with van der Waals surface area (Å²) in [6.07, 6.45) is -1.44. The summed E-state index contributed by atoms with van der Waals surface area (Å²) in [4.78, 5) is 0.167. The van der Waals surface area contributed by atoms with Gasteiger partial charge in [0.2, 0.25) is 5.90 Å². The molecular weight excluding hydrogens is 416 g/mol. The number of nitriles is 1. The van der Waals surface area contributed by atoms with Gasteiger partial charge >= 0.3 is 0 Å². The van der Waals surface area contributed by atoms with Crippen molar-refractivity contribution in [2.24, 2.45) is 5.10 Å². The van der Waals surface area contributed by atoms with Gasteiger partial charge in [-0.2, -0.15) is 5.26 Å². The first-order valence-electron chi connectivity index (χ1n) is 8.63. The molecule has 0 fully saturated rings. The van der Waals surface area contributed by atoms with E-state index in [2.05, 4.69) is 10.4 Å². The average Bonchev–Trinajstić information content (AvgIpc) is 3.18. The topological polar surface area (TPSA) is 121 Å². The zero-order valence-corrected chi connectivity index (χ0v) is 17.2.